The van der Waals surface area contributed by atoms with Gasteiger partial charge in [-0.2, -0.15) is 0 Å². The number of fused-ring (bicyclic) bond motifs is 1. The second kappa shape index (κ2) is 4.95. The van der Waals surface area contributed by atoms with Gasteiger partial charge in [-0.05, 0) is 29.9 Å². The SMILES string of the molecule is CC(C)Cc1cc2cccc(CC(C)C)c2o1. The summed E-state index contributed by atoms with van der Waals surface area (Å²) in [5.41, 5.74) is 2.43. The van der Waals surface area contributed by atoms with E-state index in [2.05, 4.69) is 52.0 Å². The van der Waals surface area contributed by atoms with Crippen LogP contribution in [0.3, 0.4) is 0 Å². The molecule has 17 heavy (non-hydrogen) atoms. The van der Waals surface area contributed by atoms with Crippen molar-refractivity contribution >= 4 is 11.0 Å². The molecule has 1 heteroatoms. The van der Waals surface area contributed by atoms with Gasteiger partial charge < -0.3 is 4.42 Å². The molecule has 0 saturated carbocycles. The highest BCUT2D eigenvalue weighted by Gasteiger charge is 2.10. The Kier molecular flexibility index (Phi) is 3.56. The number of hydrogen-bond acceptors (Lipinski definition) is 1. The summed E-state index contributed by atoms with van der Waals surface area (Å²) in [5.74, 6) is 2.43. The summed E-state index contributed by atoms with van der Waals surface area (Å²) < 4.78 is 6.01. The summed E-state index contributed by atoms with van der Waals surface area (Å²) in [7, 11) is 0. The van der Waals surface area contributed by atoms with Crippen molar-refractivity contribution in [1.82, 2.24) is 0 Å². The van der Waals surface area contributed by atoms with Crippen molar-refractivity contribution in [3.63, 3.8) is 0 Å². The van der Waals surface area contributed by atoms with Crippen LogP contribution < -0.4 is 0 Å². The highest BCUT2D eigenvalue weighted by atomic mass is 16.3. The molecule has 2 aromatic rings. The summed E-state index contributed by atoms with van der Waals surface area (Å²) in [5, 5.41) is 1.25. The van der Waals surface area contributed by atoms with Gasteiger partial charge in [0.25, 0.3) is 0 Å². The lowest BCUT2D eigenvalue weighted by molar-refractivity contribution is 0.496. The normalized spacial score (nSPS) is 11.9. The smallest absolute Gasteiger partial charge is 0.137 e. The van der Waals surface area contributed by atoms with Gasteiger partial charge >= 0.3 is 0 Å². The van der Waals surface area contributed by atoms with E-state index in [0.717, 1.165) is 24.2 Å². The first-order valence-electron chi connectivity index (χ1n) is 6.56. The van der Waals surface area contributed by atoms with Crippen LogP contribution in [0.4, 0.5) is 0 Å². The van der Waals surface area contributed by atoms with Crippen molar-refractivity contribution in [1.29, 1.82) is 0 Å². The maximum absolute atomic E-state index is 6.01. The first kappa shape index (κ1) is 12.2. The van der Waals surface area contributed by atoms with E-state index < -0.39 is 0 Å². The zero-order valence-corrected chi connectivity index (χ0v) is 11.3. The quantitative estimate of drug-likeness (QED) is 0.733. The molecule has 0 amide bonds. The van der Waals surface area contributed by atoms with Crippen molar-refractivity contribution in [2.24, 2.45) is 11.8 Å². The first-order chi connectivity index (χ1) is 8.06. The third-order valence-electron chi connectivity index (χ3n) is 2.91. The minimum atomic E-state index is 0.643. The Labute approximate surface area is 104 Å². The topological polar surface area (TPSA) is 13.1 Å². The van der Waals surface area contributed by atoms with Crippen LogP contribution in [0.25, 0.3) is 11.0 Å². The lowest BCUT2D eigenvalue weighted by Gasteiger charge is -2.05. The summed E-state index contributed by atoms with van der Waals surface area (Å²) in [6.07, 6.45) is 2.11. The van der Waals surface area contributed by atoms with E-state index in [9.17, 15) is 0 Å². The Hall–Kier alpha value is -1.24. The van der Waals surface area contributed by atoms with Gasteiger partial charge in [0, 0.05) is 11.8 Å². The van der Waals surface area contributed by atoms with Crippen LogP contribution in [0.15, 0.2) is 28.7 Å². The van der Waals surface area contributed by atoms with E-state index in [-0.39, 0.29) is 0 Å². The number of hydrogen-bond donors (Lipinski definition) is 0. The fourth-order valence-corrected chi connectivity index (χ4v) is 2.28. The van der Waals surface area contributed by atoms with Gasteiger partial charge in [-0.25, -0.2) is 0 Å². The molecule has 1 nitrogen and oxygen atoms in total. The van der Waals surface area contributed by atoms with Crippen LogP contribution >= 0.6 is 0 Å². The zero-order valence-electron chi connectivity index (χ0n) is 11.3. The average Bonchev–Trinajstić information content (AvgIpc) is 2.59. The van der Waals surface area contributed by atoms with Gasteiger partial charge in [-0.3, -0.25) is 0 Å². The molecule has 2 rings (SSSR count). The third kappa shape index (κ3) is 2.91. The summed E-state index contributed by atoms with van der Waals surface area (Å²) >= 11 is 0. The molecular weight excluding hydrogens is 208 g/mol. The standard InChI is InChI=1S/C16H22O/c1-11(2)8-13-6-5-7-14-10-15(9-12(3)4)17-16(13)14/h5-7,10-12H,8-9H2,1-4H3. The van der Waals surface area contributed by atoms with Crippen LogP contribution in [0.5, 0.6) is 0 Å². The van der Waals surface area contributed by atoms with Gasteiger partial charge in [0.2, 0.25) is 0 Å². The highest BCUT2D eigenvalue weighted by Crippen LogP contribution is 2.26. The molecule has 1 aromatic heterocycles. The average molecular weight is 230 g/mol. The van der Waals surface area contributed by atoms with E-state index in [0.29, 0.717) is 11.8 Å². The van der Waals surface area contributed by atoms with Gasteiger partial charge in [0.1, 0.15) is 11.3 Å². The Balaban J connectivity index is 2.38. The number of furan rings is 1. The minimum absolute atomic E-state index is 0.643. The molecule has 92 valence electrons. The van der Waals surface area contributed by atoms with Gasteiger partial charge in [-0.15, -0.1) is 0 Å². The van der Waals surface area contributed by atoms with Crippen molar-refractivity contribution in [2.45, 2.75) is 40.5 Å². The fraction of sp³-hybridized carbons (Fsp3) is 0.500. The lowest BCUT2D eigenvalue weighted by atomic mass is 10.0. The number of rotatable bonds is 4. The Morgan fingerprint density at radius 3 is 2.35 bits per heavy atom. The first-order valence-corrected chi connectivity index (χ1v) is 6.56. The summed E-state index contributed by atoms with van der Waals surface area (Å²) in [6, 6.07) is 8.66. The molecule has 0 aliphatic heterocycles. The van der Waals surface area contributed by atoms with Gasteiger partial charge in [-0.1, -0.05) is 45.9 Å². The molecule has 0 saturated heterocycles. The minimum Gasteiger partial charge on any atom is -0.461 e. The molecule has 1 aromatic carbocycles. The second-order valence-corrected chi connectivity index (χ2v) is 5.74. The molecule has 0 aliphatic carbocycles. The molecule has 0 bridgehead atoms. The monoisotopic (exact) mass is 230 g/mol. The zero-order chi connectivity index (χ0) is 12.4. The van der Waals surface area contributed by atoms with Crippen molar-refractivity contribution in [3.05, 3.63) is 35.6 Å². The molecule has 0 radical (unpaired) electrons. The molecule has 0 fully saturated rings. The van der Waals surface area contributed by atoms with E-state index >= 15 is 0 Å². The van der Waals surface area contributed by atoms with Crippen LogP contribution in [0.1, 0.15) is 39.0 Å². The maximum Gasteiger partial charge on any atom is 0.137 e. The van der Waals surface area contributed by atoms with Gasteiger partial charge in [0.05, 0.1) is 0 Å². The predicted molar refractivity (Wildman–Crippen MR) is 73.3 cm³/mol. The van der Waals surface area contributed by atoms with Gasteiger partial charge in [0.15, 0.2) is 0 Å². The molecule has 0 atom stereocenters. The number of para-hydroxylation sites is 1. The van der Waals surface area contributed by atoms with Crippen molar-refractivity contribution in [3.8, 4) is 0 Å². The molecule has 1 heterocycles. The van der Waals surface area contributed by atoms with Crippen LogP contribution in [-0.4, -0.2) is 0 Å². The van der Waals surface area contributed by atoms with E-state index in [1.54, 1.807) is 0 Å². The second-order valence-electron chi connectivity index (χ2n) is 5.74. The van der Waals surface area contributed by atoms with E-state index in [4.69, 9.17) is 4.42 Å². The maximum atomic E-state index is 6.01. The molecule has 0 spiro atoms. The van der Waals surface area contributed by atoms with E-state index in [1.807, 2.05) is 0 Å². The van der Waals surface area contributed by atoms with Crippen molar-refractivity contribution < 1.29 is 4.42 Å². The molecular formula is C16H22O. The largest absolute Gasteiger partial charge is 0.461 e. The highest BCUT2D eigenvalue weighted by molar-refractivity contribution is 5.81. The lowest BCUT2D eigenvalue weighted by Crippen LogP contribution is -1.94. The number of benzene rings is 1. The van der Waals surface area contributed by atoms with Crippen LogP contribution in [0.2, 0.25) is 0 Å². The Morgan fingerprint density at radius 1 is 1.00 bits per heavy atom. The van der Waals surface area contributed by atoms with Crippen molar-refractivity contribution in [2.75, 3.05) is 0 Å². The third-order valence-corrected chi connectivity index (χ3v) is 2.91. The van der Waals surface area contributed by atoms with E-state index in [1.165, 1.54) is 10.9 Å². The predicted octanol–water partition coefficient (Wildman–Crippen LogP) is 4.83. The van der Waals surface area contributed by atoms with Crippen LogP contribution in [-0.2, 0) is 12.8 Å². The molecule has 0 unspecified atom stereocenters. The fourth-order valence-electron chi connectivity index (χ4n) is 2.28. The summed E-state index contributed by atoms with van der Waals surface area (Å²) in [4.78, 5) is 0. The summed E-state index contributed by atoms with van der Waals surface area (Å²) in [6.45, 7) is 8.94. The Bertz CT molecular complexity index is 491. The molecule has 0 N–H and O–H groups in total. The molecule has 0 aliphatic rings. The van der Waals surface area contributed by atoms with Crippen LogP contribution in [0, 0.1) is 11.8 Å². The Morgan fingerprint density at radius 2 is 1.71 bits per heavy atom.